The molecule has 1 atom stereocenters. The molecule has 1 unspecified atom stereocenters. The van der Waals surface area contributed by atoms with E-state index in [9.17, 15) is 23.5 Å². The number of carbonyl (C=O) groups excluding carboxylic acids is 2. The summed E-state index contributed by atoms with van der Waals surface area (Å²) in [4.78, 5) is 30.6. The highest BCUT2D eigenvalue weighted by molar-refractivity contribution is 6.51. The first kappa shape index (κ1) is 24.1. The summed E-state index contributed by atoms with van der Waals surface area (Å²) in [5.74, 6) is -3.57. The number of aliphatic hydroxyl groups excluding tert-OH is 1. The molecule has 4 aromatic rings. The van der Waals surface area contributed by atoms with Gasteiger partial charge >= 0.3 is 0 Å². The molecule has 2 heterocycles. The number of benzene rings is 3. The van der Waals surface area contributed by atoms with Crippen LogP contribution in [0.25, 0.3) is 16.7 Å². The number of ketones is 1. The molecule has 188 valence electrons. The molecule has 5 rings (SSSR count). The van der Waals surface area contributed by atoms with Gasteiger partial charge in [-0.1, -0.05) is 24.3 Å². The fraction of sp³-hybridized carbons (Fsp3) is 0.143. The number of nitrogens with one attached hydrogen (secondary N) is 1. The van der Waals surface area contributed by atoms with Crippen LogP contribution in [0.3, 0.4) is 0 Å². The molecule has 0 saturated carbocycles. The van der Waals surface area contributed by atoms with E-state index in [1.165, 1.54) is 13.3 Å². The molecule has 1 aliphatic rings. The smallest absolute Gasteiger partial charge is 0.300 e. The Morgan fingerprint density at radius 1 is 1.05 bits per heavy atom. The largest absolute Gasteiger partial charge is 0.507 e. The third kappa shape index (κ3) is 3.98. The number of nitrogens with zero attached hydrogens (tertiary/aromatic N) is 1. The molecule has 1 saturated heterocycles. The summed E-state index contributed by atoms with van der Waals surface area (Å²) in [6.45, 7) is 2.07. The molecule has 1 aliphatic heterocycles. The van der Waals surface area contributed by atoms with Crippen LogP contribution in [-0.2, 0) is 9.59 Å². The summed E-state index contributed by atoms with van der Waals surface area (Å²) in [6.07, 6.45) is 1.52. The molecule has 7 nitrogen and oxygen atoms in total. The number of fused-ring (bicyclic) bond motifs is 1. The lowest BCUT2D eigenvalue weighted by Gasteiger charge is -2.26. The molecule has 0 spiro atoms. The van der Waals surface area contributed by atoms with Crippen molar-refractivity contribution in [1.82, 2.24) is 4.98 Å². The molecular formula is C28H22F2N2O5. The molecule has 9 heteroatoms. The minimum Gasteiger partial charge on any atom is -0.507 e. The number of Topliss-reactive ketones (excluding diaryl/α,β-unsaturated/α-hetero) is 1. The van der Waals surface area contributed by atoms with Gasteiger partial charge in [-0.25, -0.2) is 8.78 Å². The van der Waals surface area contributed by atoms with E-state index in [0.717, 1.165) is 23.1 Å². The summed E-state index contributed by atoms with van der Waals surface area (Å²) >= 11 is 0. The van der Waals surface area contributed by atoms with Crippen molar-refractivity contribution in [3.05, 3.63) is 95.2 Å². The van der Waals surface area contributed by atoms with Crippen molar-refractivity contribution in [2.45, 2.75) is 13.0 Å². The molecule has 1 fully saturated rings. The minimum atomic E-state index is -1.28. The lowest BCUT2D eigenvalue weighted by Crippen LogP contribution is -2.30. The van der Waals surface area contributed by atoms with Gasteiger partial charge in [-0.15, -0.1) is 0 Å². The third-order valence-corrected chi connectivity index (χ3v) is 6.26. The number of carbonyl (C=O) groups is 2. The first-order valence-electron chi connectivity index (χ1n) is 11.5. The fourth-order valence-electron chi connectivity index (χ4n) is 4.61. The minimum absolute atomic E-state index is 0.272. The van der Waals surface area contributed by atoms with Crippen molar-refractivity contribution in [2.75, 3.05) is 18.6 Å². The number of anilines is 1. The second kappa shape index (κ2) is 9.42. The van der Waals surface area contributed by atoms with Gasteiger partial charge < -0.3 is 19.6 Å². The Hall–Kier alpha value is -4.66. The molecule has 37 heavy (non-hydrogen) atoms. The Labute approximate surface area is 210 Å². The second-order valence-electron chi connectivity index (χ2n) is 8.36. The number of aromatic amines is 1. The van der Waals surface area contributed by atoms with Crippen LogP contribution in [-0.4, -0.2) is 35.5 Å². The van der Waals surface area contributed by atoms with Gasteiger partial charge in [0.1, 0.15) is 17.4 Å². The Bertz CT molecular complexity index is 1580. The zero-order valence-corrected chi connectivity index (χ0v) is 19.9. The molecule has 1 amide bonds. The van der Waals surface area contributed by atoms with Crippen molar-refractivity contribution in [3.8, 4) is 11.5 Å². The van der Waals surface area contributed by atoms with Crippen molar-refractivity contribution >= 4 is 34.0 Å². The highest BCUT2D eigenvalue weighted by Crippen LogP contribution is 2.45. The van der Waals surface area contributed by atoms with E-state index in [1.807, 2.05) is 0 Å². The van der Waals surface area contributed by atoms with Crippen molar-refractivity contribution in [1.29, 1.82) is 0 Å². The normalized spacial score (nSPS) is 17.0. The van der Waals surface area contributed by atoms with Crippen LogP contribution in [0.1, 0.15) is 24.1 Å². The quantitative estimate of drug-likeness (QED) is 0.206. The van der Waals surface area contributed by atoms with Crippen molar-refractivity contribution < 1.29 is 33.0 Å². The van der Waals surface area contributed by atoms with Crippen LogP contribution in [0.2, 0.25) is 0 Å². The highest BCUT2D eigenvalue weighted by Gasteiger charge is 2.48. The number of para-hydroxylation sites is 1. The number of aromatic nitrogens is 1. The Morgan fingerprint density at radius 2 is 1.84 bits per heavy atom. The molecule has 0 radical (unpaired) electrons. The van der Waals surface area contributed by atoms with E-state index in [-0.39, 0.29) is 11.1 Å². The summed E-state index contributed by atoms with van der Waals surface area (Å²) in [5.41, 5.74) is 0.615. The van der Waals surface area contributed by atoms with Crippen LogP contribution < -0.4 is 14.4 Å². The van der Waals surface area contributed by atoms with Gasteiger partial charge in [-0.2, -0.15) is 0 Å². The van der Waals surface area contributed by atoms with Crippen LogP contribution >= 0.6 is 0 Å². The van der Waals surface area contributed by atoms with E-state index in [0.29, 0.717) is 34.6 Å². The number of amides is 1. The zero-order chi connectivity index (χ0) is 26.3. The first-order chi connectivity index (χ1) is 17.8. The summed E-state index contributed by atoms with van der Waals surface area (Å²) in [6, 6.07) is 13.2. The number of hydrogen-bond acceptors (Lipinski definition) is 5. The Balaban J connectivity index is 1.79. The molecule has 2 N–H and O–H groups in total. The molecular weight excluding hydrogens is 482 g/mol. The van der Waals surface area contributed by atoms with Crippen LogP contribution in [0.4, 0.5) is 14.5 Å². The number of hydrogen-bond donors (Lipinski definition) is 2. The van der Waals surface area contributed by atoms with Crippen molar-refractivity contribution in [3.63, 3.8) is 0 Å². The third-order valence-electron chi connectivity index (χ3n) is 6.26. The number of rotatable bonds is 6. The standard InChI is InChI=1S/C28H22F2N2O5/c1-3-37-23-12-15(8-11-22(23)36-2)25-24(26(33)18-14-31-20-7-5-4-6-17(18)20)27(34)28(35)32(25)21-13-16(29)9-10-19(21)30/h4-14,25,31,33H,3H2,1-2H3/b26-24-. The average Bonchev–Trinajstić information content (AvgIpc) is 3.44. The van der Waals surface area contributed by atoms with E-state index >= 15 is 0 Å². The maximum Gasteiger partial charge on any atom is 0.300 e. The van der Waals surface area contributed by atoms with Gasteiger partial charge in [0.05, 0.1) is 31.0 Å². The van der Waals surface area contributed by atoms with Crippen LogP contribution in [0, 0.1) is 11.6 Å². The average molecular weight is 504 g/mol. The molecule has 0 aliphatic carbocycles. The molecule has 0 bridgehead atoms. The number of ether oxygens (including phenoxy) is 2. The van der Waals surface area contributed by atoms with Gasteiger partial charge in [-0.3, -0.25) is 14.5 Å². The van der Waals surface area contributed by atoms with Gasteiger partial charge in [0.2, 0.25) is 0 Å². The zero-order valence-electron chi connectivity index (χ0n) is 19.9. The van der Waals surface area contributed by atoms with E-state index in [4.69, 9.17) is 9.47 Å². The lowest BCUT2D eigenvalue weighted by atomic mass is 9.94. The van der Waals surface area contributed by atoms with E-state index in [2.05, 4.69) is 4.98 Å². The van der Waals surface area contributed by atoms with Crippen LogP contribution in [0.5, 0.6) is 11.5 Å². The SMILES string of the molecule is CCOc1cc(C2/C(=C(/O)c3c[nH]c4ccccc34)C(=O)C(=O)N2c2cc(F)ccc2F)ccc1OC. The van der Waals surface area contributed by atoms with E-state index in [1.54, 1.807) is 49.4 Å². The summed E-state index contributed by atoms with van der Waals surface area (Å²) in [7, 11) is 1.46. The lowest BCUT2D eigenvalue weighted by molar-refractivity contribution is -0.132. The highest BCUT2D eigenvalue weighted by atomic mass is 19.1. The predicted molar refractivity (Wildman–Crippen MR) is 134 cm³/mol. The van der Waals surface area contributed by atoms with Crippen molar-refractivity contribution in [2.24, 2.45) is 0 Å². The Kier molecular flexibility index (Phi) is 6.12. The maximum atomic E-state index is 14.9. The Morgan fingerprint density at radius 3 is 2.59 bits per heavy atom. The first-order valence-corrected chi connectivity index (χ1v) is 11.5. The van der Waals surface area contributed by atoms with Gasteiger partial charge in [0.25, 0.3) is 11.7 Å². The summed E-state index contributed by atoms with van der Waals surface area (Å²) in [5, 5.41) is 12.0. The number of H-pyrrole nitrogens is 1. The number of methoxy groups -OCH3 is 1. The number of aliphatic hydroxyl groups is 1. The molecule has 3 aromatic carbocycles. The van der Waals surface area contributed by atoms with Gasteiger partial charge in [0.15, 0.2) is 11.5 Å². The van der Waals surface area contributed by atoms with E-state index < -0.39 is 40.8 Å². The van der Waals surface area contributed by atoms with Crippen LogP contribution in [0.15, 0.2) is 72.4 Å². The predicted octanol–water partition coefficient (Wildman–Crippen LogP) is 5.48. The molecule has 1 aromatic heterocycles. The second-order valence-corrected chi connectivity index (χ2v) is 8.36. The summed E-state index contributed by atoms with van der Waals surface area (Å²) < 4.78 is 40.1. The van der Waals surface area contributed by atoms with Gasteiger partial charge in [-0.05, 0) is 42.8 Å². The topological polar surface area (TPSA) is 91.9 Å². The fourth-order valence-corrected chi connectivity index (χ4v) is 4.61. The monoisotopic (exact) mass is 504 g/mol. The number of halogens is 2. The van der Waals surface area contributed by atoms with Gasteiger partial charge in [0, 0.05) is 28.7 Å². The maximum absolute atomic E-state index is 14.9.